The van der Waals surface area contributed by atoms with Crippen LogP contribution in [-0.4, -0.2) is 62.9 Å². The predicted molar refractivity (Wildman–Crippen MR) is 65.2 cm³/mol. The van der Waals surface area contributed by atoms with E-state index in [-0.39, 0.29) is 17.6 Å². The SMILES string of the molecule is CCOC(=O)C1CSCCN1C(=O)c1cn[nH]n1. The van der Waals surface area contributed by atoms with E-state index in [4.69, 9.17) is 4.74 Å². The van der Waals surface area contributed by atoms with E-state index in [0.29, 0.717) is 18.9 Å². The minimum atomic E-state index is -0.534. The average Bonchev–Trinajstić information content (AvgIpc) is 2.92. The summed E-state index contributed by atoms with van der Waals surface area (Å²) in [7, 11) is 0. The van der Waals surface area contributed by atoms with Crippen molar-refractivity contribution in [2.24, 2.45) is 0 Å². The lowest BCUT2D eigenvalue weighted by Crippen LogP contribution is -2.51. The molecule has 1 aromatic heterocycles. The first kappa shape index (κ1) is 12.9. The van der Waals surface area contributed by atoms with Gasteiger partial charge in [0.2, 0.25) is 0 Å². The monoisotopic (exact) mass is 270 g/mol. The molecule has 1 aromatic rings. The maximum absolute atomic E-state index is 12.2. The number of hydrogen-bond donors (Lipinski definition) is 1. The van der Waals surface area contributed by atoms with Gasteiger partial charge in [0, 0.05) is 18.1 Å². The molecule has 2 rings (SSSR count). The van der Waals surface area contributed by atoms with E-state index in [1.165, 1.54) is 11.1 Å². The molecule has 0 aromatic carbocycles. The van der Waals surface area contributed by atoms with Crippen molar-refractivity contribution in [2.75, 3.05) is 24.7 Å². The summed E-state index contributed by atoms with van der Waals surface area (Å²) in [6.45, 7) is 2.57. The van der Waals surface area contributed by atoms with Crippen LogP contribution in [-0.2, 0) is 9.53 Å². The number of aromatic nitrogens is 3. The topological polar surface area (TPSA) is 88.2 Å². The summed E-state index contributed by atoms with van der Waals surface area (Å²) in [5.74, 6) is 0.714. The van der Waals surface area contributed by atoms with Gasteiger partial charge < -0.3 is 9.64 Å². The van der Waals surface area contributed by atoms with Gasteiger partial charge >= 0.3 is 5.97 Å². The van der Waals surface area contributed by atoms with Gasteiger partial charge in [0.1, 0.15) is 6.04 Å². The number of esters is 1. The highest BCUT2D eigenvalue weighted by molar-refractivity contribution is 7.99. The Hall–Kier alpha value is -1.57. The Morgan fingerprint density at radius 2 is 2.50 bits per heavy atom. The van der Waals surface area contributed by atoms with E-state index in [1.807, 2.05) is 0 Å². The van der Waals surface area contributed by atoms with Crippen LogP contribution in [0.3, 0.4) is 0 Å². The quantitative estimate of drug-likeness (QED) is 0.773. The molecule has 0 saturated carbocycles. The third-order valence-electron chi connectivity index (χ3n) is 2.58. The first-order valence-corrected chi connectivity index (χ1v) is 6.80. The molecule has 18 heavy (non-hydrogen) atoms. The normalized spacial score (nSPS) is 19.6. The highest BCUT2D eigenvalue weighted by Crippen LogP contribution is 2.19. The number of amides is 1. The Morgan fingerprint density at radius 1 is 1.67 bits per heavy atom. The summed E-state index contributed by atoms with van der Waals surface area (Å²) in [5, 5.41) is 9.73. The van der Waals surface area contributed by atoms with Gasteiger partial charge in [-0.05, 0) is 6.92 Å². The largest absolute Gasteiger partial charge is 0.464 e. The van der Waals surface area contributed by atoms with Crippen molar-refractivity contribution in [1.82, 2.24) is 20.3 Å². The highest BCUT2D eigenvalue weighted by atomic mass is 32.2. The molecule has 1 aliphatic rings. The lowest BCUT2D eigenvalue weighted by Gasteiger charge is -2.32. The Morgan fingerprint density at radius 3 is 3.17 bits per heavy atom. The number of rotatable bonds is 3. The second-order valence-corrected chi connectivity index (χ2v) is 4.85. The van der Waals surface area contributed by atoms with Gasteiger partial charge in [-0.3, -0.25) is 4.79 Å². The van der Waals surface area contributed by atoms with Crippen LogP contribution in [0.1, 0.15) is 17.4 Å². The molecule has 0 bridgehead atoms. The number of nitrogens with one attached hydrogen (secondary N) is 1. The molecule has 8 heteroatoms. The van der Waals surface area contributed by atoms with Crippen LogP contribution < -0.4 is 0 Å². The van der Waals surface area contributed by atoms with Crippen LogP contribution in [0.5, 0.6) is 0 Å². The van der Waals surface area contributed by atoms with Gasteiger partial charge in [-0.1, -0.05) is 0 Å². The van der Waals surface area contributed by atoms with Crippen molar-refractivity contribution < 1.29 is 14.3 Å². The third-order valence-corrected chi connectivity index (χ3v) is 3.60. The Labute approximate surface area is 108 Å². The summed E-state index contributed by atoms with van der Waals surface area (Å²) in [5.41, 5.74) is 0.219. The highest BCUT2D eigenvalue weighted by Gasteiger charge is 2.34. The minimum Gasteiger partial charge on any atom is -0.464 e. The molecule has 98 valence electrons. The minimum absolute atomic E-state index is 0.219. The number of nitrogens with zero attached hydrogens (tertiary/aromatic N) is 3. The molecular formula is C10H14N4O3S. The van der Waals surface area contributed by atoms with Crippen molar-refractivity contribution in [1.29, 1.82) is 0 Å². The molecular weight excluding hydrogens is 256 g/mol. The summed E-state index contributed by atoms with van der Waals surface area (Å²) >= 11 is 1.64. The Kier molecular flexibility index (Phi) is 4.19. The number of aromatic amines is 1. The first-order valence-electron chi connectivity index (χ1n) is 5.65. The number of H-pyrrole nitrogens is 1. The van der Waals surface area contributed by atoms with E-state index >= 15 is 0 Å². The van der Waals surface area contributed by atoms with E-state index in [0.717, 1.165) is 5.75 Å². The lowest BCUT2D eigenvalue weighted by molar-refractivity contribution is -0.147. The molecule has 0 spiro atoms. The number of ether oxygens (including phenoxy) is 1. The fraction of sp³-hybridized carbons (Fsp3) is 0.600. The van der Waals surface area contributed by atoms with Crippen LogP contribution in [0.2, 0.25) is 0 Å². The second-order valence-electron chi connectivity index (χ2n) is 3.70. The number of carbonyl (C=O) groups excluding carboxylic acids is 2. The first-order chi connectivity index (χ1) is 8.74. The third kappa shape index (κ3) is 2.63. The smallest absolute Gasteiger partial charge is 0.329 e. The van der Waals surface area contributed by atoms with Gasteiger partial charge in [0.15, 0.2) is 5.69 Å². The fourth-order valence-electron chi connectivity index (χ4n) is 1.73. The summed E-state index contributed by atoms with van der Waals surface area (Å²) < 4.78 is 4.99. The molecule has 1 unspecified atom stereocenters. The van der Waals surface area contributed by atoms with Crippen LogP contribution in [0.25, 0.3) is 0 Å². The van der Waals surface area contributed by atoms with E-state index in [9.17, 15) is 9.59 Å². The molecule has 1 fully saturated rings. The van der Waals surface area contributed by atoms with Crippen molar-refractivity contribution in [3.8, 4) is 0 Å². The van der Waals surface area contributed by atoms with Gasteiger partial charge in [0.05, 0.1) is 12.8 Å². The maximum Gasteiger partial charge on any atom is 0.329 e. The molecule has 1 aliphatic heterocycles. The second kappa shape index (κ2) is 5.85. The molecule has 1 N–H and O–H groups in total. The maximum atomic E-state index is 12.2. The molecule has 0 aliphatic carbocycles. The van der Waals surface area contributed by atoms with Crippen molar-refractivity contribution in [3.05, 3.63) is 11.9 Å². The molecule has 0 radical (unpaired) electrons. The molecule has 2 heterocycles. The van der Waals surface area contributed by atoms with E-state index in [2.05, 4.69) is 15.4 Å². The lowest BCUT2D eigenvalue weighted by atomic mass is 10.2. The van der Waals surface area contributed by atoms with Gasteiger partial charge in [-0.15, -0.1) is 0 Å². The van der Waals surface area contributed by atoms with Crippen molar-refractivity contribution in [3.63, 3.8) is 0 Å². The summed E-state index contributed by atoms with van der Waals surface area (Å²) in [6, 6.07) is -0.534. The standard InChI is InChI=1S/C10H14N4O3S/c1-2-17-10(16)8-6-18-4-3-14(8)9(15)7-5-11-13-12-7/h5,8H,2-4,6H2,1H3,(H,11,12,13). The molecule has 1 amide bonds. The molecule has 1 saturated heterocycles. The molecule has 7 nitrogen and oxygen atoms in total. The Bertz CT molecular complexity index is 423. The zero-order valence-electron chi connectivity index (χ0n) is 9.96. The van der Waals surface area contributed by atoms with Gasteiger partial charge in [-0.2, -0.15) is 27.2 Å². The van der Waals surface area contributed by atoms with E-state index in [1.54, 1.807) is 18.7 Å². The number of hydrogen-bond acceptors (Lipinski definition) is 6. The number of thioether (sulfide) groups is 1. The number of carbonyl (C=O) groups is 2. The summed E-state index contributed by atoms with van der Waals surface area (Å²) in [4.78, 5) is 25.5. The van der Waals surface area contributed by atoms with E-state index < -0.39 is 6.04 Å². The van der Waals surface area contributed by atoms with Crippen LogP contribution in [0.15, 0.2) is 6.20 Å². The average molecular weight is 270 g/mol. The van der Waals surface area contributed by atoms with Gasteiger partial charge in [-0.25, -0.2) is 4.79 Å². The van der Waals surface area contributed by atoms with Crippen molar-refractivity contribution in [2.45, 2.75) is 13.0 Å². The zero-order valence-corrected chi connectivity index (χ0v) is 10.8. The van der Waals surface area contributed by atoms with Gasteiger partial charge in [0.25, 0.3) is 5.91 Å². The van der Waals surface area contributed by atoms with Crippen LogP contribution in [0.4, 0.5) is 0 Å². The fourth-order valence-corrected chi connectivity index (χ4v) is 2.76. The van der Waals surface area contributed by atoms with Crippen LogP contribution in [0, 0.1) is 0 Å². The molecule has 1 atom stereocenters. The van der Waals surface area contributed by atoms with Crippen LogP contribution >= 0.6 is 11.8 Å². The zero-order chi connectivity index (χ0) is 13.0. The van der Waals surface area contributed by atoms with Crippen molar-refractivity contribution >= 4 is 23.6 Å². The Balaban J connectivity index is 2.12. The predicted octanol–water partition coefficient (Wildman–Crippen LogP) is -0.0746. The summed E-state index contributed by atoms with van der Waals surface area (Å²) in [6.07, 6.45) is 1.35.